The fraction of sp³-hybridized carbons (Fsp3) is 0.0667. The van der Waals surface area contributed by atoms with Crippen molar-refractivity contribution in [3.8, 4) is 52.9 Å². The van der Waals surface area contributed by atoms with Crippen molar-refractivity contribution in [1.82, 2.24) is 9.55 Å². The molecule has 20 heteroatoms. The second-order valence-electron chi connectivity index (χ2n) is 15.1. The molecule has 0 spiro atoms. The summed E-state index contributed by atoms with van der Waals surface area (Å²) in [6.45, 7) is 1.57. The molecule has 0 unspecified atom stereocenters. The van der Waals surface area contributed by atoms with Gasteiger partial charge >= 0.3 is 379 Å². The number of terminal acetylenes is 2. The van der Waals surface area contributed by atoms with Crippen LogP contribution in [0.4, 0.5) is 0 Å². The van der Waals surface area contributed by atoms with Gasteiger partial charge < -0.3 is 0 Å². The molecular formula is C45H17B18N2. The molecule has 0 saturated carbocycles. The standard InChI is InChI=1S/C45H17B18N2/c1-4-17(26(32(52)21(48)5-2)33(53)22(49)15-46)14-20-27-28(35(55)38(58)37(57)34(27)54)25(29(31(20)51)36(56)30(50)16(3)47)18-10-12-19(13-11-18)45-64-23-8-6-7-9-24(23)65(45)44-42(62)40(60)39(59)41(61)43(44)63/h1-2,6-13H,14-15H2,3H3/b26-17+,30-16-,32-21-,33-22-,36-29+. The van der Waals surface area contributed by atoms with Crippen LogP contribution in [0, 0.1) is 29.8 Å². The Bertz CT molecular complexity index is 3350. The van der Waals surface area contributed by atoms with Gasteiger partial charge in [0.15, 0.2) is 0 Å². The molecule has 5 aromatic carbocycles. The zero-order chi connectivity index (χ0) is 48.1. The number of fused-ring (bicyclic) bond motifs is 2. The van der Waals surface area contributed by atoms with Crippen molar-refractivity contribution in [1.29, 1.82) is 0 Å². The van der Waals surface area contributed by atoms with E-state index < -0.39 is 0 Å². The van der Waals surface area contributed by atoms with E-state index in [-0.39, 0.29) is 138 Å². The van der Waals surface area contributed by atoms with E-state index in [1.165, 1.54) is 0 Å². The summed E-state index contributed by atoms with van der Waals surface area (Å²) in [5, 5.41) is 0.762. The molecule has 261 valence electrons. The Kier molecular flexibility index (Phi) is 14.8. The van der Waals surface area contributed by atoms with E-state index in [4.69, 9.17) is 159 Å². The first-order chi connectivity index (χ1) is 30.7. The molecule has 0 aliphatic carbocycles. The normalized spacial score (nSPS) is 13.6. The summed E-state index contributed by atoms with van der Waals surface area (Å²) in [4.78, 5) is 4.96. The van der Waals surface area contributed by atoms with Crippen molar-refractivity contribution in [3.05, 3.63) is 108 Å². The molecule has 6 aromatic rings. The summed E-state index contributed by atoms with van der Waals surface area (Å²) < 4.78 is 1.76. The molecule has 0 saturated heterocycles. The summed E-state index contributed by atoms with van der Waals surface area (Å²) in [5.74, 6) is 5.35. The summed E-state index contributed by atoms with van der Waals surface area (Å²) in [6, 6.07) is 14.5. The Labute approximate surface area is 405 Å². The van der Waals surface area contributed by atoms with Crippen LogP contribution in [0.5, 0.6) is 0 Å². The zero-order valence-electron chi connectivity index (χ0n) is 35.5. The van der Waals surface area contributed by atoms with Gasteiger partial charge in [-0.2, -0.15) is 0 Å². The van der Waals surface area contributed by atoms with Gasteiger partial charge in [0, 0.05) is 0 Å². The molecule has 0 aliphatic rings. The maximum atomic E-state index is 7.24. The molecule has 6 rings (SSSR count). The number of para-hydroxylation sites is 2. The fourth-order valence-electron chi connectivity index (χ4n) is 7.70. The number of allylic oxidation sites excluding steroid dienone is 8. The summed E-state index contributed by atoms with van der Waals surface area (Å²) >= 11 is 0. The SMILES string of the molecule is [B]C\C([B])=C([B])/C(C(/[B])=C(/[B])C#C)=C(\C#C)Cc1c(=[B])/c(=C([B])\C([B])=C(\[B])C)c(-c2ccc(-c3nc4ccccc4n3-c3c([B])c([B])c([B])c([B])c3[B])cc2)c2c([B])c([B])c([B])c([B])c12. The summed E-state index contributed by atoms with van der Waals surface area (Å²) in [5.41, 5.74) is 3.56. The van der Waals surface area contributed by atoms with Gasteiger partial charge in [-0.15, -0.1) is 5.46 Å². The number of rotatable bonds is 9. The van der Waals surface area contributed by atoms with Crippen molar-refractivity contribution in [2.45, 2.75) is 19.7 Å². The molecule has 0 bridgehead atoms. The number of benzene rings is 5. The number of hydrogen-bond acceptors (Lipinski definition) is 1. The monoisotopic (exact) mass is 783 g/mol. The average molecular weight is 780 g/mol. The van der Waals surface area contributed by atoms with E-state index in [1.54, 1.807) is 35.8 Å². The van der Waals surface area contributed by atoms with Gasteiger partial charge in [0.05, 0.1) is 0 Å². The molecule has 0 atom stereocenters. The minimum atomic E-state index is -0.231. The molecule has 2 nitrogen and oxygen atoms in total. The van der Waals surface area contributed by atoms with Crippen LogP contribution in [-0.4, -0.2) is 150 Å². The van der Waals surface area contributed by atoms with Gasteiger partial charge in [-0.1, -0.05) is 0 Å². The van der Waals surface area contributed by atoms with Crippen molar-refractivity contribution < 1.29 is 0 Å². The van der Waals surface area contributed by atoms with E-state index in [2.05, 4.69) is 11.8 Å². The Morgan fingerprint density at radius 3 is 1.69 bits per heavy atom. The summed E-state index contributed by atoms with van der Waals surface area (Å²) in [7, 11) is 117. The predicted molar refractivity (Wildman–Crippen MR) is 292 cm³/mol. The first-order valence-corrected chi connectivity index (χ1v) is 19.5. The topological polar surface area (TPSA) is 17.8 Å². The van der Waals surface area contributed by atoms with Crippen molar-refractivity contribution in [2.24, 2.45) is 0 Å². The maximum absolute atomic E-state index is 7.24. The fourth-order valence-corrected chi connectivity index (χ4v) is 7.70. The Morgan fingerprint density at radius 2 is 1.15 bits per heavy atom. The van der Waals surface area contributed by atoms with E-state index >= 15 is 0 Å². The van der Waals surface area contributed by atoms with E-state index in [1.807, 2.05) is 24.3 Å². The van der Waals surface area contributed by atoms with Crippen LogP contribution in [0.15, 0.2) is 92.5 Å². The van der Waals surface area contributed by atoms with E-state index in [0.29, 0.717) is 39.2 Å². The molecule has 0 fully saturated rings. The third-order valence-electron chi connectivity index (χ3n) is 11.3. The average Bonchev–Trinajstić information content (AvgIpc) is 3.69. The molecule has 1 aromatic heterocycles. The van der Waals surface area contributed by atoms with Crippen LogP contribution in [0.3, 0.4) is 0 Å². The first kappa shape index (κ1) is 49.4. The van der Waals surface area contributed by atoms with Crippen LogP contribution in [0.25, 0.3) is 55.5 Å². The number of nitrogens with zero attached hydrogens (tertiary/aromatic N) is 2. The van der Waals surface area contributed by atoms with Gasteiger partial charge in [0.2, 0.25) is 0 Å². The third-order valence-corrected chi connectivity index (χ3v) is 11.3. The molecular weight excluding hydrogens is 763 g/mol. The minimum absolute atomic E-state index is 0.00559. The zero-order valence-corrected chi connectivity index (χ0v) is 35.5. The molecule has 65 heavy (non-hydrogen) atoms. The molecule has 0 aliphatic heterocycles. The Balaban J connectivity index is 1.78. The van der Waals surface area contributed by atoms with Crippen molar-refractivity contribution in [3.63, 3.8) is 0 Å². The quantitative estimate of drug-likeness (QED) is 0.0817. The summed E-state index contributed by atoms with van der Waals surface area (Å²) in [6.07, 6.45) is 11.4. The van der Waals surface area contributed by atoms with Gasteiger partial charge in [0.25, 0.3) is 0 Å². The molecule has 1 heterocycles. The van der Waals surface area contributed by atoms with Crippen molar-refractivity contribution in [2.75, 3.05) is 0 Å². The van der Waals surface area contributed by atoms with E-state index in [9.17, 15) is 0 Å². The first-order valence-electron chi connectivity index (χ1n) is 19.5. The third kappa shape index (κ3) is 8.50. The van der Waals surface area contributed by atoms with E-state index in [0.717, 1.165) is 0 Å². The van der Waals surface area contributed by atoms with Crippen LogP contribution in [0.1, 0.15) is 12.5 Å². The molecule has 0 amide bonds. The van der Waals surface area contributed by atoms with Crippen molar-refractivity contribution >= 4 is 217 Å². The second kappa shape index (κ2) is 19.4. The number of aromatic nitrogens is 2. The van der Waals surface area contributed by atoms with Gasteiger partial charge in [-0.3, -0.25) is 0 Å². The van der Waals surface area contributed by atoms with Crippen LogP contribution in [-0.2, 0) is 6.42 Å². The number of imidazole rings is 1. The molecule has 35 radical (unpaired) electrons. The Hall–Kier alpha value is -5.05. The van der Waals surface area contributed by atoms with Gasteiger partial charge in [-0.05, 0) is 0 Å². The second-order valence-corrected chi connectivity index (χ2v) is 15.1. The Morgan fingerprint density at radius 1 is 0.631 bits per heavy atom. The van der Waals surface area contributed by atoms with Gasteiger partial charge in [-0.25, -0.2) is 0 Å². The molecule has 0 N–H and O–H groups in total. The number of hydrogen-bond donors (Lipinski definition) is 0. The van der Waals surface area contributed by atoms with Gasteiger partial charge in [0.1, 0.15) is 23.5 Å². The van der Waals surface area contributed by atoms with Crippen LogP contribution >= 0.6 is 0 Å². The van der Waals surface area contributed by atoms with Crippen LogP contribution in [0.2, 0.25) is 6.32 Å². The van der Waals surface area contributed by atoms with Crippen LogP contribution < -0.4 is 54.4 Å². The predicted octanol–water partition coefficient (Wildman–Crippen LogP) is -5.29.